The van der Waals surface area contributed by atoms with E-state index in [2.05, 4.69) is 0 Å². The van der Waals surface area contributed by atoms with Crippen LogP contribution in [0.15, 0.2) is 0 Å². The summed E-state index contributed by atoms with van der Waals surface area (Å²) < 4.78 is 0. The second-order valence-electron chi connectivity index (χ2n) is 3.05. The molecule has 1 heterocycles. The SMILES string of the molecule is NC1CCCCN(CC=O)C1=O. The van der Waals surface area contributed by atoms with Crippen molar-refractivity contribution in [1.82, 2.24) is 4.90 Å². The minimum atomic E-state index is -0.396. The molecule has 0 spiro atoms. The minimum Gasteiger partial charge on any atom is -0.334 e. The topological polar surface area (TPSA) is 63.4 Å². The van der Waals surface area contributed by atoms with Gasteiger partial charge in [0.05, 0.1) is 12.6 Å². The number of carbonyl (C=O) groups excluding carboxylic acids is 2. The average Bonchev–Trinajstić information content (AvgIpc) is 2.20. The molecule has 1 saturated heterocycles. The van der Waals surface area contributed by atoms with Crippen molar-refractivity contribution in [3.05, 3.63) is 0 Å². The Kier molecular flexibility index (Phi) is 3.22. The third kappa shape index (κ3) is 2.04. The Balaban J connectivity index is 2.57. The lowest BCUT2D eigenvalue weighted by atomic mass is 10.1. The van der Waals surface area contributed by atoms with Crippen molar-refractivity contribution in [2.45, 2.75) is 25.3 Å². The second kappa shape index (κ2) is 4.21. The van der Waals surface area contributed by atoms with Crippen LogP contribution in [0.4, 0.5) is 0 Å². The fourth-order valence-corrected chi connectivity index (χ4v) is 1.41. The van der Waals surface area contributed by atoms with Gasteiger partial charge in [-0.05, 0) is 19.3 Å². The van der Waals surface area contributed by atoms with Crippen LogP contribution in [-0.4, -0.2) is 36.2 Å². The lowest BCUT2D eigenvalue weighted by Gasteiger charge is -2.19. The summed E-state index contributed by atoms with van der Waals surface area (Å²) in [5.41, 5.74) is 5.59. The maximum absolute atomic E-state index is 11.4. The van der Waals surface area contributed by atoms with E-state index in [9.17, 15) is 9.59 Å². The molecule has 1 aliphatic heterocycles. The molecule has 0 radical (unpaired) electrons. The quantitative estimate of drug-likeness (QED) is 0.569. The Morgan fingerprint density at radius 1 is 1.58 bits per heavy atom. The number of amides is 1. The molecule has 1 aliphatic rings. The number of rotatable bonds is 2. The number of hydrogen-bond donors (Lipinski definition) is 1. The largest absolute Gasteiger partial charge is 0.334 e. The first-order valence-electron chi connectivity index (χ1n) is 4.23. The number of aldehydes is 1. The van der Waals surface area contributed by atoms with Crippen LogP contribution in [-0.2, 0) is 9.59 Å². The first-order chi connectivity index (χ1) is 5.75. The number of nitrogens with two attached hydrogens (primary N) is 1. The normalized spacial score (nSPS) is 25.2. The molecule has 0 aromatic heterocycles. The summed E-state index contributed by atoms with van der Waals surface area (Å²) in [6.07, 6.45) is 3.42. The first-order valence-corrected chi connectivity index (χ1v) is 4.23. The van der Waals surface area contributed by atoms with Gasteiger partial charge in [0.2, 0.25) is 5.91 Å². The number of carbonyl (C=O) groups is 2. The third-order valence-electron chi connectivity index (χ3n) is 2.12. The van der Waals surface area contributed by atoms with E-state index in [1.165, 1.54) is 4.90 Å². The van der Waals surface area contributed by atoms with E-state index < -0.39 is 6.04 Å². The summed E-state index contributed by atoms with van der Waals surface area (Å²) in [6, 6.07) is -0.396. The summed E-state index contributed by atoms with van der Waals surface area (Å²) in [7, 11) is 0. The summed E-state index contributed by atoms with van der Waals surface area (Å²) in [4.78, 5) is 23.1. The highest BCUT2D eigenvalue weighted by Gasteiger charge is 2.22. The molecule has 0 aromatic rings. The Bertz CT molecular complexity index is 182. The zero-order valence-corrected chi connectivity index (χ0v) is 7.03. The summed E-state index contributed by atoms with van der Waals surface area (Å²) in [5.74, 6) is -0.0837. The smallest absolute Gasteiger partial charge is 0.239 e. The molecule has 1 atom stereocenters. The van der Waals surface area contributed by atoms with E-state index in [4.69, 9.17) is 5.73 Å². The van der Waals surface area contributed by atoms with Crippen LogP contribution in [0, 0.1) is 0 Å². The molecule has 0 aromatic carbocycles. The number of nitrogens with zero attached hydrogens (tertiary/aromatic N) is 1. The van der Waals surface area contributed by atoms with Crippen molar-refractivity contribution in [1.29, 1.82) is 0 Å². The van der Waals surface area contributed by atoms with Gasteiger partial charge in [-0.15, -0.1) is 0 Å². The van der Waals surface area contributed by atoms with E-state index in [0.717, 1.165) is 25.5 Å². The van der Waals surface area contributed by atoms with E-state index in [1.54, 1.807) is 0 Å². The lowest BCUT2D eigenvalue weighted by molar-refractivity contribution is -0.133. The molecule has 1 fully saturated rings. The number of hydrogen-bond acceptors (Lipinski definition) is 3. The molecule has 4 heteroatoms. The van der Waals surface area contributed by atoms with Crippen LogP contribution >= 0.6 is 0 Å². The predicted molar refractivity (Wildman–Crippen MR) is 44.5 cm³/mol. The molecular weight excluding hydrogens is 156 g/mol. The molecule has 4 nitrogen and oxygen atoms in total. The Labute approximate surface area is 71.7 Å². The van der Waals surface area contributed by atoms with Crippen molar-refractivity contribution >= 4 is 12.2 Å². The van der Waals surface area contributed by atoms with E-state index in [1.807, 2.05) is 0 Å². The first kappa shape index (κ1) is 9.19. The maximum Gasteiger partial charge on any atom is 0.239 e. The highest BCUT2D eigenvalue weighted by Crippen LogP contribution is 2.09. The second-order valence-corrected chi connectivity index (χ2v) is 3.05. The van der Waals surface area contributed by atoms with Crippen molar-refractivity contribution in [3.8, 4) is 0 Å². The van der Waals surface area contributed by atoms with Gasteiger partial charge >= 0.3 is 0 Å². The molecule has 0 bridgehead atoms. The molecule has 1 rings (SSSR count). The molecule has 2 N–H and O–H groups in total. The van der Waals surface area contributed by atoms with Gasteiger partial charge in [0.25, 0.3) is 0 Å². The maximum atomic E-state index is 11.4. The van der Waals surface area contributed by atoms with Crippen LogP contribution in [0.3, 0.4) is 0 Å². The lowest BCUT2D eigenvalue weighted by Crippen LogP contribution is -2.43. The summed E-state index contributed by atoms with van der Waals surface area (Å²) in [5, 5.41) is 0. The van der Waals surface area contributed by atoms with Crippen molar-refractivity contribution in [2.75, 3.05) is 13.1 Å². The van der Waals surface area contributed by atoms with E-state index in [0.29, 0.717) is 6.54 Å². The zero-order valence-electron chi connectivity index (χ0n) is 7.03. The number of likely N-dealkylation sites (tertiary alicyclic amines) is 1. The van der Waals surface area contributed by atoms with Gasteiger partial charge in [-0.1, -0.05) is 0 Å². The van der Waals surface area contributed by atoms with E-state index in [-0.39, 0.29) is 12.5 Å². The van der Waals surface area contributed by atoms with Crippen LogP contribution in [0.1, 0.15) is 19.3 Å². The summed E-state index contributed by atoms with van der Waals surface area (Å²) >= 11 is 0. The Morgan fingerprint density at radius 2 is 2.33 bits per heavy atom. The fraction of sp³-hybridized carbons (Fsp3) is 0.750. The van der Waals surface area contributed by atoms with Crippen LogP contribution < -0.4 is 5.73 Å². The highest BCUT2D eigenvalue weighted by atomic mass is 16.2. The Hall–Kier alpha value is -0.900. The fourth-order valence-electron chi connectivity index (χ4n) is 1.41. The van der Waals surface area contributed by atoms with Gasteiger partial charge in [-0.25, -0.2) is 0 Å². The van der Waals surface area contributed by atoms with Gasteiger partial charge in [-0.3, -0.25) is 4.79 Å². The van der Waals surface area contributed by atoms with E-state index >= 15 is 0 Å². The van der Waals surface area contributed by atoms with Crippen molar-refractivity contribution in [2.24, 2.45) is 5.73 Å². The monoisotopic (exact) mass is 170 g/mol. The summed E-state index contributed by atoms with van der Waals surface area (Å²) in [6.45, 7) is 0.859. The van der Waals surface area contributed by atoms with Gasteiger partial charge in [0.15, 0.2) is 0 Å². The Morgan fingerprint density at radius 3 is 3.00 bits per heavy atom. The van der Waals surface area contributed by atoms with Crippen LogP contribution in [0.25, 0.3) is 0 Å². The van der Waals surface area contributed by atoms with Gasteiger partial charge < -0.3 is 15.4 Å². The zero-order chi connectivity index (χ0) is 8.97. The van der Waals surface area contributed by atoms with Gasteiger partial charge in [0.1, 0.15) is 6.29 Å². The molecular formula is C8H14N2O2. The molecule has 0 aliphatic carbocycles. The van der Waals surface area contributed by atoms with Gasteiger partial charge in [-0.2, -0.15) is 0 Å². The molecule has 1 amide bonds. The molecule has 12 heavy (non-hydrogen) atoms. The average molecular weight is 170 g/mol. The third-order valence-corrected chi connectivity index (χ3v) is 2.12. The predicted octanol–water partition coefficient (Wildman–Crippen LogP) is -0.475. The highest BCUT2D eigenvalue weighted by molar-refractivity contribution is 5.83. The van der Waals surface area contributed by atoms with Crippen molar-refractivity contribution in [3.63, 3.8) is 0 Å². The standard InChI is InChI=1S/C8H14N2O2/c9-7-3-1-2-4-10(5-6-11)8(7)12/h6-7H,1-5,9H2. The molecule has 68 valence electrons. The van der Waals surface area contributed by atoms with Crippen LogP contribution in [0.5, 0.6) is 0 Å². The van der Waals surface area contributed by atoms with Gasteiger partial charge in [0, 0.05) is 6.54 Å². The minimum absolute atomic E-state index is 0.0837. The van der Waals surface area contributed by atoms with Crippen LogP contribution in [0.2, 0.25) is 0 Å². The molecule has 1 unspecified atom stereocenters. The van der Waals surface area contributed by atoms with Crippen molar-refractivity contribution < 1.29 is 9.59 Å². The molecule has 0 saturated carbocycles.